The fraction of sp³-hybridized carbons (Fsp3) is 0.400. The Bertz CT molecular complexity index is 1470. The summed E-state index contributed by atoms with van der Waals surface area (Å²) in [4.78, 5) is 42.0. The van der Waals surface area contributed by atoms with E-state index in [2.05, 4.69) is 10.3 Å². The maximum Gasteiger partial charge on any atom is 0.332 e. The molecule has 0 saturated carbocycles. The topological polar surface area (TPSA) is 128 Å². The van der Waals surface area contributed by atoms with Crippen LogP contribution in [0.3, 0.4) is 0 Å². The van der Waals surface area contributed by atoms with Gasteiger partial charge in [-0.3, -0.25) is 14.2 Å². The SMILES string of the molecule is Cn1cnc2c1c(=O)n(CC(=O)Nc1ccc(Cl)c(S(=O)(=O)N3CCCCC3)c1)c(=O)n2C. The van der Waals surface area contributed by atoms with Crippen LogP contribution in [0.5, 0.6) is 0 Å². The van der Waals surface area contributed by atoms with Crippen molar-refractivity contribution >= 4 is 44.4 Å². The van der Waals surface area contributed by atoms with Gasteiger partial charge < -0.3 is 9.88 Å². The van der Waals surface area contributed by atoms with Crippen LogP contribution in [-0.4, -0.2) is 50.4 Å². The highest BCUT2D eigenvalue weighted by Gasteiger charge is 2.28. The summed E-state index contributed by atoms with van der Waals surface area (Å²) in [5.41, 5.74) is -0.745. The highest BCUT2D eigenvalue weighted by atomic mass is 35.5. The summed E-state index contributed by atoms with van der Waals surface area (Å²) in [5.74, 6) is -0.667. The van der Waals surface area contributed by atoms with Gasteiger partial charge in [0.25, 0.3) is 5.56 Å². The number of imidazole rings is 1. The van der Waals surface area contributed by atoms with Crippen molar-refractivity contribution < 1.29 is 13.2 Å². The summed E-state index contributed by atoms with van der Waals surface area (Å²) in [5, 5.41) is 2.60. The molecular weight excluding hydrogens is 472 g/mol. The van der Waals surface area contributed by atoms with Gasteiger partial charge in [-0.05, 0) is 31.0 Å². The fourth-order valence-electron chi connectivity index (χ4n) is 3.90. The summed E-state index contributed by atoms with van der Waals surface area (Å²) < 4.78 is 30.9. The fourth-order valence-corrected chi connectivity index (χ4v) is 5.92. The Balaban J connectivity index is 1.62. The number of sulfonamides is 1. The molecule has 2 aromatic heterocycles. The monoisotopic (exact) mass is 494 g/mol. The van der Waals surface area contributed by atoms with Crippen LogP contribution in [0.25, 0.3) is 11.2 Å². The Kier molecular flexibility index (Phi) is 6.16. The summed E-state index contributed by atoms with van der Waals surface area (Å²) in [6, 6.07) is 4.14. The zero-order chi connectivity index (χ0) is 23.9. The molecule has 176 valence electrons. The minimum atomic E-state index is -3.82. The first kappa shape index (κ1) is 23.2. The number of aryl methyl sites for hydroxylation is 2. The first-order chi connectivity index (χ1) is 15.6. The third kappa shape index (κ3) is 4.21. The molecule has 1 aromatic carbocycles. The minimum Gasteiger partial charge on any atom is -0.328 e. The third-order valence-electron chi connectivity index (χ3n) is 5.65. The number of anilines is 1. The molecule has 1 N–H and O–H groups in total. The Labute approximate surface area is 194 Å². The molecule has 3 heterocycles. The van der Waals surface area contributed by atoms with E-state index < -0.39 is 33.7 Å². The maximum atomic E-state index is 13.0. The number of nitrogens with one attached hydrogen (secondary N) is 1. The highest BCUT2D eigenvalue weighted by molar-refractivity contribution is 7.89. The molecule has 1 fully saturated rings. The second-order valence-electron chi connectivity index (χ2n) is 7.92. The molecule has 1 aliphatic rings. The van der Waals surface area contributed by atoms with Crippen LogP contribution in [0.4, 0.5) is 5.69 Å². The molecule has 0 atom stereocenters. The molecule has 0 radical (unpaired) electrons. The average molecular weight is 495 g/mol. The molecule has 1 amide bonds. The summed E-state index contributed by atoms with van der Waals surface area (Å²) in [6.45, 7) is 0.277. The Morgan fingerprint density at radius 2 is 1.85 bits per heavy atom. The molecule has 0 unspecified atom stereocenters. The molecule has 4 rings (SSSR count). The molecule has 0 aliphatic carbocycles. The number of amides is 1. The Morgan fingerprint density at radius 3 is 2.55 bits per heavy atom. The third-order valence-corrected chi connectivity index (χ3v) is 8.03. The zero-order valence-corrected chi connectivity index (χ0v) is 19.7. The number of halogens is 1. The number of benzene rings is 1. The minimum absolute atomic E-state index is 0.0466. The van der Waals surface area contributed by atoms with Crippen molar-refractivity contribution in [3.8, 4) is 0 Å². The number of carbonyl (C=O) groups excluding carboxylic acids is 1. The predicted octanol–water partition coefficient (Wildman–Crippen LogP) is 0.900. The van der Waals surface area contributed by atoms with Crippen molar-refractivity contribution in [2.24, 2.45) is 14.1 Å². The molecule has 1 aliphatic heterocycles. The van der Waals surface area contributed by atoms with Crippen LogP contribution < -0.4 is 16.6 Å². The first-order valence-electron chi connectivity index (χ1n) is 10.3. The van der Waals surface area contributed by atoms with Crippen LogP contribution in [0.1, 0.15) is 19.3 Å². The number of aromatic nitrogens is 4. The molecule has 0 spiro atoms. The quantitative estimate of drug-likeness (QED) is 0.561. The van der Waals surface area contributed by atoms with E-state index in [4.69, 9.17) is 11.6 Å². The van der Waals surface area contributed by atoms with Gasteiger partial charge in [0.05, 0.1) is 11.3 Å². The molecule has 1 saturated heterocycles. The Morgan fingerprint density at radius 1 is 1.15 bits per heavy atom. The van der Waals surface area contributed by atoms with Gasteiger partial charge >= 0.3 is 5.69 Å². The number of nitrogens with zero attached hydrogens (tertiary/aromatic N) is 5. The number of piperidine rings is 1. The maximum absolute atomic E-state index is 13.0. The lowest BCUT2D eigenvalue weighted by molar-refractivity contribution is -0.116. The van der Waals surface area contributed by atoms with E-state index >= 15 is 0 Å². The van der Waals surface area contributed by atoms with Gasteiger partial charge in [0, 0.05) is 32.9 Å². The van der Waals surface area contributed by atoms with E-state index in [1.54, 1.807) is 7.05 Å². The van der Waals surface area contributed by atoms with Gasteiger partial charge in [0.2, 0.25) is 15.9 Å². The predicted molar refractivity (Wildman–Crippen MR) is 123 cm³/mol. The van der Waals surface area contributed by atoms with E-state index in [9.17, 15) is 22.8 Å². The largest absolute Gasteiger partial charge is 0.332 e. The van der Waals surface area contributed by atoms with Crippen LogP contribution in [0.15, 0.2) is 39.0 Å². The van der Waals surface area contributed by atoms with Gasteiger partial charge in [-0.15, -0.1) is 0 Å². The van der Waals surface area contributed by atoms with Crippen LogP contribution in [-0.2, 0) is 35.5 Å². The molecule has 13 heteroatoms. The number of hydrogen-bond donors (Lipinski definition) is 1. The van der Waals surface area contributed by atoms with Crippen molar-refractivity contribution in [2.45, 2.75) is 30.7 Å². The first-order valence-corrected chi connectivity index (χ1v) is 12.1. The summed E-state index contributed by atoms with van der Waals surface area (Å²) >= 11 is 6.17. The van der Waals surface area contributed by atoms with E-state index in [0.29, 0.717) is 13.1 Å². The van der Waals surface area contributed by atoms with Gasteiger partial charge in [0.1, 0.15) is 11.4 Å². The molecule has 0 bridgehead atoms. The van der Waals surface area contributed by atoms with Crippen LogP contribution in [0.2, 0.25) is 5.02 Å². The lowest BCUT2D eigenvalue weighted by Gasteiger charge is -2.26. The molecule has 11 nitrogen and oxygen atoms in total. The van der Waals surface area contributed by atoms with Crippen LogP contribution in [0, 0.1) is 0 Å². The average Bonchev–Trinajstić information content (AvgIpc) is 3.18. The van der Waals surface area contributed by atoms with Gasteiger partial charge in [-0.25, -0.2) is 22.8 Å². The number of carbonyl (C=O) groups is 1. The molecule has 33 heavy (non-hydrogen) atoms. The molecule has 3 aromatic rings. The second-order valence-corrected chi connectivity index (χ2v) is 10.2. The van der Waals surface area contributed by atoms with Gasteiger partial charge in [0.15, 0.2) is 11.2 Å². The second kappa shape index (κ2) is 8.76. The number of fused-ring (bicyclic) bond motifs is 1. The van der Waals surface area contributed by atoms with Crippen molar-refractivity contribution in [3.63, 3.8) is 0 Å². The standard InChI is InChI=1S/C20H23ClN6O5S/c1-24-12-22-18-17(24)19(29)27(20(30)25(18)2)11-16(28)23-13-6-7-14(21)15(10-13)33(31,32)26-8-4-3-5-9-26/h6-7,10,12H,3-5,8-9,11H2,1-2H3,(H,23,28). The number of rotatable bonds is 5. The summed E-state index contributed by atoms with van der Waals surface area (Å²) in [6.07, 6.45) is 3.93. The zero-order valence-electron chi connectivity index (χ0n) is 18.1. The van der Waals surface area contributed by atoms with Gasteiger partial charge in [-0.2, -0.15) is 4.31 Å². The Hall–Kier alpha value is -2.96. The summed E-state index contributed by atoms with van der Waals surface area (Å²) in [7, 11) is -0.744. The van der Waals surface area contributed by atoms with Crippen molar-refractivity contribution in [1.82, 2.24) is 23.0 Å². The molecular formula is C20H23ClN6O5S. The van der Waals surface area contributed by atoms with Crippen molar-refractivity contribution in [2.75, 3.05) is 18.4 Å². The number of hydrogen-bond acceptors (Lipinski definition) is 6. The smallest absolute Gasteiger partial charge is 0.328 e. The lowest BCUT2D eigenvalue weighted by atomic mass is 10.2. The lowest BCUT2D eigenvalue weighted by Crippen LogP contribution is -2.42. The highest BCUT2D eigenvalue weighted by Crippen LogP contribution is 2.29. The van der Waals surface area contributed by atoms with E-state index in [0.717, 1.165) is 23.8 Å². The van der Waals surface area contributed by atoms with Crippen molar-refractivity contribution in [1.29, 1.82) is 0 Å². The van der Waals surface area contributed by atoms with Crippen LogP contribution >= 0.6 is 11.6 Å². The van der Waals surface area contributed by atoms with E-state index in [1.165, 1.54) is 45.0 Å². The van der Waals surface area contributed by atoms with E-state index in [1.807, 2.05) is 0 Å². The van der Waals surface area contributed by atoms with E-state index in [-0.39, 0.29) is 26.8 Å². The van der Waals surface area contributed by atoms with Gasteiger partial charge in [-0.1, -0.05) is 18.0 Å². The van der Waals surface area contributed by atoms with Crippen molar-refractivity contribution in [3.05, 3.63) is 50.4 Å². The normalized spacial score (nSPS) is 15.1.